The smallest absolute Gasteiger partial charge is 0.260 e. The molecule has 0 unspecified atom stereocenters. The molecule has 1 rings (SSSR count). The zero-order valence-corrected chi connectivity index (χ0v) is 11.8. The summed E-state index contributed by atoms with van der Waals surface area (Å²) in [5.74, 6) is 0. The maximum absolute atomic E-state index is 4.16. The fourth-order valence-corrected chi connectivity index (χ4v) is 4.06. The Morgan fingerprint density at radius 2 is 0.889 bits per heavy atom. The van der Waals surface area contributed by atoms with Crippen LogP contribution in [0.2, 0.25) is 0 Å². The summed E-state index contributed by atoms with van der Waals surface area (Å²) in [7, 11) is 0. The van der Waals surface area contributed by atoms with Crippen molar-refractivity contribution in [2.75, 3.05) is 0 Å². The van der Waals surface area contributed by atoms with Crippen LogP contribution in [0.5, 0.6) is 0 Å². The van der Waals surface area contributed by atoms with Crippen LogP contribution in [0.25, 0.3) is 0 Å². The molecule has 0 fully saturated rings. The van der Waals surface area contributed by atoms with Crippen molar-refractivity contribution in [3.8, 4) is 0 Å². The van der Waals surface area contributed by atoms with Gasteiger partial charge in [0.25, 0.3) is 0 Å². The average Bonchev–Trinajstić information content (AvgIpc) is 1.59. The van der Waals surface area contributed by atoms with E-state index in [0.29, 0.717) is 0 Å². The summed E-state index contributed by atoms with van der Waals surface area (Å²) in [6.45, 7) is 0. The van der Waals surface area contributed by atoms with Crippen LogP contribution in [-0.2, 0) is 0 Å². The van der Waals surface area contributed by atoms with E-state index in [-0.39, 0.29) is 0 Å². The fraction of sp³-hybridized carbons (Fsp3) is 0. The minimum absolute atomic E-state index is 0.953. The van der Waals surface area contributed by atoms with Crippen molar-refractivity contribution in [1.29, 1.82) is 0 Å². The molecular formula is C3H6Al3N3. The van der Waals surface area contributed by atoms with E-state index in [1.54, 1.807) is 0 Å². The highest BCUT2D eigenvalue weighted by Crippen LogP contribution is 1.48. The third kappa shape index (κ3) is 2.36. The molecule has 42 valence electrons. The average molecular weight is 165 g/mol. The van der Waals surface area contributed by atoms with Crippen LogP contribution >= 0.6 is 0 Å². The molecule has 0 saturated heterocycles. The second-order valence-electron chi connectivity index (χ2n) is 1.98. The van der Waals surface area contributed by atoms with Crippen LogP contribution in [0, 0.1) is 0 Å². The van der Waals surface area contributed by atoms with Gasteiger partial charge in [0.05, 0.1) is 0 Å². The summed E-state index contributed by atoms with van der Waals surface area (Å²) in [4.78, 5) is 12.5. The Bertz CT molecular complexity index is 175. The van der Waals surface area contributed by atoms with Crippen molar-refractivity contribution in [1.82, 2.24) is 15.0 Å². The fourth-order valence-electron chi connectivity index (χ4n) is 0.777. The van der Waals surface area contributed by atoms with E-state index in [9.17, 15) is 0 Å². The first-order valence-electron chi connectivity index (χ1n) is 2.84. The van der Waals surface area contributed by atoms with Crippen molar-refractivity contribution in [2.24, 2.45) is 0 Å². The lowest BCUT2D eigenvalue weighted by atomic mass is 11.0. The van der Waals surface area contributed by atoms with Crippen LogP contribution in [0.1, 0.15) is 0 Å². The molecule has 0 atom stereocenters. The summed E-state index contributed by atoms with van der Waals surface area (Å²) in [5, 5.41) is 0. The summed E-state index contributed by atoms with van der Waals surface area (Å²) in [5.41, 5.74) is 0. The van der Waals surface area contributed by atoms with Gasteiger partial charge in [-0.2, -0.15) is 0 Å². The predicted molar refractivity (Wildman–Crippen MR) is 44.4 cm³/mol. The standard InChI is InChI=1S/C3N3.3Al.6H/c1-4-2-6-3-5-1;;;;;;;;;. The second kappa shape index (κ2) is 3.13. The molecule has 0 radical (unpaired) electrons. The molecule has 0 spiro atoms. The van der Waals surface area contributed by atoms with Crippen molar-refractivity contribution in [2.45, 2.75) is 0 Å². The molecule has 1 aromatic rings. The first kappa shape index (κ1) is 7.71. The van der Waals surface area contributed by atoms with Gasteiger partial charge >= 0.3 is 48.9 Å². The Labute approximate surface area is 77.6 Å². The molecule has 0 aromatic carbocycles. The molecule has 3 nitrogen and oxygen atoms in total. The molecule has 1 heterocycles. The van der Waals surface area contributed by atoms with Gasteiger partial charge in [0.2, 0.25) is 0 Å². The molecule has 0 aliphatic rings. The van der Waals surface area contributed by atoms with Gasteiger partial charge in [0.15, 0.2) is 0 Å². The van der Waals surface area contributed by atoms with Crippen molar-refractivity contribution >= 4 is 62.9 Å². The van der Waals surface area contributed by atoms with Gasteiger partial charge in [-0.3, -0.25) is 15.0 Å². The van der Waals surface area contributed by atoms with Crippen LogP contribution in [0.15, 0.2) is 0 Å². The number of rotatable bonds is 0. The maximum atomic E-state index is 4.16. The van der Waals surface area contributed by atoms with Crippen molar-refractivity contribution < 1.29 is 0 Å². The minimum Gasteiger partial charge on any atom is -0.260 e. The number of hydrogen-bond acceptors (Lipinski definition) is 3. The van der Waals surface area contributed by atoms with Crippen LogP contribution in [0.4, 0.5) is 0 Å². The zero-order valence-electron chi connectivity index (χ0n) is 5.84. The Hall–Kier alpha value is 0.607. The Morgan fingerprint density at radius 1 is 0.667 bits per heavy atom. The van der Waals surface area contributed by atoms with Crippen molar-refractivity contribution in [3.63, 3.8) is 0 Å². The SMILES string of the molecule is [AlH2][c]1n[c]([AlH2])n[c]([AlH2])n1. The maximum Gasteiger partial charge on any atom is 0.321 e. The first-order chi connectivity index (χ1) is 4.18. The first-order valence-corrected chi connectivity index (χ1v) is 5.84. The summed E-state index contributed by atoms with van der Waals surface area (Å²) < 4.78 is 3.00. The van der Waals surface area contributed by atoms with Gasteiger partial charge in [-0.15, -0.1) is 0 Å². The predicted octanol–water partition coefficient (Wildman–Crippen LogP) is -5.35. The summed E-state index contributed by atoms with van der Waals surface area (Å²) >= 11 is 2.86. The molecule has 0 aliphatic heterocycles. The van der Waals surface area contributed by atoms with E-state index >= 15 is 0 Å². The van der Waals surface area contributed by atoms with E-state index in [0.717, 1.165) is 62.9 Å². The quantitative estimate of drug-likeness (QED) is 0.360. The Kier molecular flexibility index (Phi) is 2.69. The molecule has 0 aliphatic carbocycles. The summed E-state index contributed by atoms with van der Waals surface area (Å²) in [6.07, 6.45) is 0. The van der Waals surface area contributed by atoms with E-state index in [4.69, 9.17) is 0 Å². The molecule has 6 heteroatoms. The molecular weight excluding hydrogens is 159 g/mol. The lowest BCUT2D eigenvalue weighted by Crippen LogP contribution is -2.36. The molecule has 0 amide bonds. The zero-order chi connectivity index (χ0) is 6.85. The molecule has 9 heavy (non-hydrogen) atoms. The van der Waals surface area contributed by atoms with Crippen LogP contribution in [0.3, 0.4) is 0 Å². The van der Waals surface area contributed by atoms with Crippen LogP contribution in [-0.4, -0.2) is 63.8 Å². The Balaban J connectivity index is 3.17. The Morgan fingerprint density at radius 3 is 1.11 bits per heavy atom. The van der Waals surface area contributed by atoms with Gasteiger partial charge in [-0.1, -0.05) is 0 Å². The van der Waals surface area contributed by atoms with Gasteiger partial charge in [0.1, 0.15) is 0 Å². The van der Waals surface area contributed by atoms with Crippen LogP contribution < -0.4 is 14.1 Å². The molecule has 0 N–H and O–H groups in total. The second-order valence-corrected chi connectivity index (χ2v) is 4.66. The highest BCUT2D eigenvalue weighted by atomic mass is 27.1. The van der Waals surface area contributed by atoms with E-state index in [2.05, 4.69) is 15.0 Å². The topological polar surface area (TPSA) is 38.7 Å². The van der Waals surface area contributed by atoms with Gasteiger partial charge in [-0.25, -0.2) is 0 Å². The largest absolute Gasteiger partial charge is 0.321 e. The molecule has 1 aromatic heterocycles. The minimum atomic E-state index is 0.953. The molecule has 0 saturated carbocycles. The summed E-state index contributed by atoms with van der Waals surface area (Å²) in [6, 6.07) is 0. The third-order valence-corrected chi connectivity index (χ3v) is 2.31. The van der Waals surface area contributed by atoms with Crippen molar-refractivity contribution in [3.05, 3.63) is 0 Å². The number of hydrogen-bond donors (Lipinski definition) is 0. The van der Waals surface area contributed by atoms with Gasteiger partial charge in [-0.05, 0) is 0 Å². The van der Waals surface area contributed by atoms with E-state index in [1.807, 2.05) is 0 Å². The highest BCUT2D eigenvalue weighted by Gasteiger charge is 1.91. The van der Waals surface area contributed by atoms with Gasteiger partial charge < -0.3 is 0 Å². The molecule has 0 bridgehead atoms. The third-order valence-electron chi connectivity index (χ3n) is 0.971. The van der Waals surface area contributed by atoms with E-state index < -0.39 is 0 Å². The lowest BCUT2D eigenvalue weighted by molar-refractivity contribution is 1.19. The van der Waals surface area contributed by atoms with E-state index in [1.165, 1.54) is 0 Å². The normalized spacial score (nSPS) is 9.33. The van der Waals surface area contributed by atoms with Gasteiger partial charge in [0, 0.05) is 14.1 Å². The lowest BCUT2D eigenvalue weighted by Gasteiger charge is -1.96. The highest BCUT2D eigenvalue weighted by molar-refractivity contribution is 6.36. The monoisotopic (exact) mass is 165 g/mol. The number of aromatic nitrogens is 3. The number of nitrogens with zero attached hydrogens (tertiary/aromatic N) is 3.